The van der Waals surface area contributed by atoms with Crippen molar-refractivity contribution >= 4 is 17.5 Å². The van der Waals surface area contributed by atoms with Gasteiger partial charge in [0, 0.05) is 12.6 Å². The topological polar surface area (TPSA) is 95.7 Å². The first-order chi connectivity index (χ1) is 12.1. The summed E-state index contributed by atoms with van der Waals surface area (Å²) in [4.78, 5) is 23.6. The SMILES string of the molecule is O=C(O)N1CCCCC1Nc1cc(-c2ccccc2)ccc1[N+](=O)[O-]. The standard InChI is InChI=1S/C18H19N3O4/c22-18(23)20-11-5-4-8-17(20)19-15-12-14(9-10-16(15)21(24)25)13-6-2-1-3-7-13/h1-3,6-7,9-10,12,17,19H,4-5,8,11H2,(H,22,23). The van der Waals surface area contributed by atoms with Gasteiger partial charge in [-0.1, -0.05) is 30.3 Å². The molecule has 0 aliphatic carbocycles. The first kappa shape index (κ1) is 16.8. The van der Waals surface area contributed by atoms with E-state index in [1.807, 2.05) is 30.3 Å². The molecule has 130 valence electrons. The van der Waals surface area contributed by atoms with Crippen LogP contribution in [0.25, 0.3) is 11.1 Å². The van der Waals surface area contributed by atoms with E-state index >= 15 is 0 Å². The molecule has 0 saturated carbocycles. The summed E-state index contributed by atoms with van der Waals surface area (Å²) in [6.45, 7) is 0.430. The number of rotatable bonds is 4. The summed E-state index contributed by atoms with van der Waals surface area (Å²) in [5, 5.41) is 23.8. The third-order valence-corrected chi connectivity index (χ3v) is 4.37. The van der Waals surface area contributed by atoms with Gasteiger partial charge in [-0.25, -0.2) is 4.79 Å². The van der Waals surface area contributed by atoms with Gasteiger partial charge in [-0.05, 0) is 42.5 Å². The number of nitro benzene ring substituents is 1. The molecular weight excluding hydrogens is 322 g/mol. The number of nitrogens with one attached hydrogen (secondary N) is 1. The minimum absolute atomic E-state index is 0.0596. The normalized spacial score (nSPS) is 17.1. The fourth-order valence-corrected chi connectivity index (χ4v) is 3.11. The van der Waals surface area contributed by atoms with E-state index in [1.54, 1.807) is 12.1 Å². The van der Waals surface area contributed by atoms with Gasteiger partial charge in [0.15, 0.2) is 0 Å². The number of anilines is 1. The minimum Gasteiger partial charge on any atom is -0.465 e. The second-order valence-corrected chi connectivity index (χ2v) is 5.99. The number of carbonyl (C=O) groups is 1. The van der Waals surface area contributed by atoms with E-state index in [0.717, 1.165) is 24.0 Å². The molecule has 1 fully saturated rings. The average Bonchev–Trinajstić information content (AvgIpc) is 2.62. The average molecular weight is 341 g/mol. The molecule has 1 atom stereocenters. The number of benzene rings is 2. The fraction of sp³-hybridized carbons (Fsp3) is 0.278. The summed E-state index contributed by atoms with van der Waals surface area (Å²) < 4.78 is 0. The van der Waals surface area contributed by atoms with Gasteiger partial charge in [0.2, 0.25) is 0 Å². The Balaban J connectivity index is 1.95. The van der Waals surface area contributed by atoms with Crippen molar-refractivity contribution < 1.29 is 14.8 Å². The molecule has 2 N–H and O–H groups in total. The number of likely N-dealkylation sites (tertiary alicyclic amines) is 1. The molecule has 1 amide bonds. The van der Waals surface area contributed by atoms with Crippen molar-refractivity contribution in [2.45, 2.75) is 25.4 Å². The Hall–Kier alpha value is -3.09. The molecule has 7 nitrogen and oxygen atoms in total. The maximum absolute atomic E-state index is 11.4. The summed E-state index contributed by atoms with van der Waals surface area (Å²) in [5.74, 6) is 0. The highest BCUT2D eigenvalue weighted by molar-refractivity contribution is 5.75. The molecule has 2 aromatic carbocycles. The van der Waals surface area contributed by atoms with Gasteiger partial charge in [0.05, 0.1) is 4.92 Å². The quantitative estimate of drug-likeness (QED) is 0.643. The monoisotopic (exact) mass is 341 g/mol. The molecule has 0 radical (unpaired) electrons. The predicted molar refractivity (Wildman–Crippen MR) is 94.5 cm³/mol. The van der Waals surface area contributed by atoms with Crippen LogP contribution in [-0.2, 0) is 0 Å². The minimum atomic E-state index is -1.01. The van der Waals surface area contributed by atoms with Crippen LogP contribution in [0.15, 0.2) is 48.5 Å². The number of nitrogens with zero attached hydrogens (tertiary/aromatic N) is 2. The molecule has 1 aliphatic heterocycles. The molecule has 1 aliphatic rings. The molecule has 1 saturated heterocycles. The number of hydrogen-bond donors (Lipinski definition) is 2. The van der Waals surface area contributed by atoms with Crippen LogP contribution in [0, 0.1) is 10.1 Å². The third kappa shape index (κ3) is 3.71. The van der Waals surface area contributed by atoms with Crippen LogP contribution in [0.4, 0.5) is 16.2 Å². The predicted octanol–water partition coefficient (Wildman–Crippen LogP) is 4.16. The van der Waals surface area contributed by atoms with Crippen LogP contribution in [0.3, 0.4) is 0 Å². The summed E-state index contributed by atoms with van der Waals surface area (Å²) >= 11 is 0. The van der Waals surface area contributed by atoms with Crippen LogP contribution in [0.5, 0.6) is 0 Å². The van der Waals surface area contributed by atoms with Gasteiger partial charge in [0.1, 0.15) is 11.9 Å². The first-order valence-electron chi connectivity index (χ1n) is 8.16. The molecule has 1 heterocycles. The smallest absolute Gasteiger partial charge is 0.408 e. The summed E-state index contributed by atoms with van der Waals surface area (Å²) in [6.07, 6.45) is 0.832. The Bertz CT molecular complexity index is 779. The van der Waals surface area contributed by atoms with Crippen molar-refractivity contribution in [2.75, 3.05) is 11.9 Å². The van der Waals surface area contributed by atoms with Gasteiger partial charge in [-0.2, -0.15) is 0 Å². The maximum atomic E-state index is 11.4. The Labute approximate surface area is 145 Å². The van der Waals surface area contributed by atoms with Crippen molar-refractivity contribution in [2.24, 2.45) is 0 Å². The van der Waals surface area contributed by atoms with E-state index < -0.39 is 17.2 Å². The molecular formula is C18H19N3O4. The van der Waals surface area contributed by atoms with Crippen molar-refractivity contribution in [3.63, 3.8) is 0 Å². The van der Waals surface area contributed by atoms with Crippen LogP contribution in [0.2, 0.25) is 0 Å². The zero-order valence-corrected chi connectivity index (χ0v) is 13.6. The number of carboxylic acid groups (broad SMARTS) is 1. The highest BCUT2D eigenvalue weighted by Gasteiger charge is 2.28. The second-order valence-electron chi connectivity index (χ2n) is 5.99. The summed E-state index contributed by atoms with van der Waals surface area (Å²) in [5.41, 5.74) is 2.06. The lowest BCUT2D eigenvalue weighted by molar-refractivity contribution is -0.384. The van der Waals surface area contributed by atoms with Gasteiger partial charge in [-0.3, -0.25) is 15.0 Å². The highest BCUT2D eigenvalue weighted by Crippen LogP contribution is 2.32. The molecule has 25 heavy (non-hydrogen) atoms. The van der Waals surface area contributed by atoms with Crippen molar-refractivity contribution in [3.05, 3.63) is 58.6 Å². The second kappa shape index (κ2) is 7.21. The van der Waals surface area contributed by atoms with Crippen molar-refractivity contribution in [1.82, 2.24) is 4.90 Å². The highest BCUT2D eigenvalue weighted by atomic mass is 16.6. The number of amides is 1. The number of hydrogen-bond acceptors (Lipinski definition) is 4. The van der Waals surface area contributed by atoms with Crippen LogP contribution in [0.1, 0.15) is 19.3 Å². The van der Waals surface area contributed by atoms with Crippen LogP contribution in [-0.4, -0.2) is 33.7 Å². The fourth-order valence-electron chi connectivity index (χ4n) is 3.11. The van der Waals surface area contributed by atoms with Gasteiger partial charge >= 0.3 is 6.09 Å². The van der Waals surface area contributed by atoms with E-state index in [-0.39, 0.29) is 5.69 Å². The molecule has 0 aromatic heterocycles. The van der Waals surface area contributed by atoms with E-state index in [4.69, 9.17) is 0 Å². The van der Waals surface area contributed by atoms with Crippen molar-refractivity contribution in [1.29, 1.82) is 0 Å². The molecule has 0 bridgehead atoms. The van der Waals surface area contributed by atoms with E-state index in [0.29, 0.717) is 18.7 Å². The van der Waals surface area contributed by atoms with E-state index in [1.165, 1.54) is 11.0 Å². The lowest BCUT2D eigenvalue weighted by atomic mass is 10.0. The molecule has 0 spiro atoms. The number of piperidine rings is 1. The van der Waals surface area contributed by atoms with Crippen molar-refractivity contribution in [3.8, 4) is 11.1 Å². The molecule has 2 aromatic rings. The summed E-state index contributed by atoms with van der Waals surface area (Å²) in [7, 11) is 0. The lowest BCUT2D eigenvalue weighted by Gasteiger charge is -2.34. The molecule has 7 heteroatoms. The Morgan fingerprint density at radius 1 is 1.16 bits per heavy atom. The van der Waals surface area contributed by atoms with Crippen LogP contribution < -0.4 is 5.32 Å². The zero-order chi connectivity index (χ0) is 17.8. The zero-order valence-electron chi connectivity index (χ0n) is 13.6. The molecule has 1 unspecified atom stereocenters. The number of nitro groups is 1. The van der Waals surface area contributed by atoms with E-state index in [2.05, 4.69) is 5.32 Å². The third-order valence-electron chi connectivity index (χ3n) is 4.37. The van der Waals surface area contributed by atoms with Gasteiger partial charge < -0.3 is 10.4 Å². The van der Waals surface area contributed by atoms with Gasteiger partial charge in [0.25, 0.3) is 5.69 Å². The summed E-state index contributed by atoms with van der Waals surface area (Å²) in [6, 6.07) is 14.4. The maximum Gasteiger partial charge on any atom is 0.408 e. The van der Waals surface area contributed by atoms with Crippen LogP contribution >= 0.6 is 0 Å². The van der Waals surface area contributed by atoms with Gasteiger partial charge in [-0.15, -0.1) is 0 Å². The van der Waals surface area contributed by atoms with E-state index in [9.17, 15) is 20.0 Å². The lowest BCUT2D eigenvalue weighted by Crippen LogP contribution is -2.47. The molecule has 3 rings (SSSR count). The Morgan fingerprint density at radius 2 is 1.92 bits per heavy atom. The largest absolute Gasteiger partial charge is 0.465 e. The Kier molecular flexibility index (Phi) is 4.83. The first-order valence-corrected chi connectivity index (χ1v) is 8.16. The Morgan fingerprint density at radius 3 is 2.60 bits per heavy atom.